The van der Waals surface area contributed by atoms with Gasteiger partial charge in [-0.2, -0.15) is 0 Å². The maximum absolute atomic E-state index is 11.3. The number of rotatable bonds is 0. The van der Waals surface area contributed by atoms with E-state index in [0.717, 1.165) is 12.1 Å². The van der Waals surface area contributed by atoms with Crippen LogP contribution in [0.25, 0.3) is 0 Å². The third-order valence-corrected chi connectivity index (χ3v) is 2.66. The van der Waals surface area contributed by atoms with Crippen LogP contribution in [0.15, 0.2) is 28.9 Å². The van der Waals surface area contributed by atoms with Crippen LogP contribution < -0.4 is 0 Å². The van der Waals surface area contributed by atoms with Crippen LogP contribution >= 0.6 is 0 Å². The molecular formula is C9H7NO. The first kappa shape index (κ1) is 5.47. The predicted molar refractivity (Wildman–Crippen MR) is 41.3 cm³/mol. The topological polar surface area (TPSA) is 29.4 Å². The molecule has 0 aromatic heterocycles. The summed E-state index contributed by atoms with van der Waals surface area (Å²) >= 11 is 0. The molecule has 0 saturated heterocycles. The van der Waals surface area contributed by atoms with Crippen LogP contribution in [0.1, 0.15) is 12.8 Å². The zero-order valence-corrected chi connectivity index (χ0v) is 6.00. The van der Waals surface area contributed by atoms with Crippen LogP contribution in [0, 0.1) is 5.41 Å². The lowest BCUT2D eigenvalue weighted by atomic mass is 9.90. The second-order valence-electron chi connectivity index (χ2n) is 3.31. The first-order valence-electron chi connectivity index (χ1n) is 3.82. The number of ketones is 1. The average Bonchev–Trinajstić information content (AvgIpc) is 2.55. The highest BCUT2D eigenvalue weighted by molar-refractivity contribution is 6.46. The van der Waals surface area contributed by atoms with Gasteiger partial charge in [-0.1, -0.05) is 12.2 Å². The van der Waals surface area contributed by atoms with Gasteiger partial charge in [0.15, 0.2) is 5.78 Å². The zero-order chi connectivity index (χ0) is 7.47. The van der Waals surface area contributed by atoms with Crippen molar-refractivity contribution in [2.75, 3.05) is 0 Å². The fraction of sp³-hybridized carbons (Fsp3) is 0.333. The molecule has 0 radical (unpaired) electrons. The third-order valence-electron chi connectivity index (χ3n) is 2.66. The van der Waals surface area contributed by atoms with Crippen LogP contribution in [0.5, 0.6) is 0 Å². The van der Waals surface area contributed by atoms with Crippen molar-refractivity contribution >= 4 is 11.5 Å². The van der Waals surface area contributed by atoms with Crippen molar-refractivity contribution < 1.29 is 4.79 Å². The summed E-state index contributed by atoms with van der Waals surface area (Å²) in [7, 11) is 0. The van der Waals surface area contributed by atoms with Crippen LogP contribution in [0.3, 0.4) is 0 Å². The average molecular weight is 145 g/mol. The molecule has 0 aromatic rings. The van der Waals surface area contributed by atoms with Gasteiger partial charge in [0.25, 0.3) is 0 Å². The summed E-state index contributed by atoms with van der Waals surface area (Å²) in [5.74, 6) is 0.205. The Kier molecular flexibility index (Phi) is 0.682. The van der Waals surface area contributed by atoms with Gasteiger partial charge in [-0.15, -0.1) is 0 Å². The summed E-state index contributed by atoms with van der Waals surface area (Å²) in [5, 5.41) is 0. The first-order valence-corrected chi connectivity index (χ1v) is 3.82. The lowest BCUT2D eigenvalue weighted by molar-refractivity contribution is -0.112. The number of nitrogens with zero attached hydrogens (tertiary/aromatic N) is 1. The minimum Gasteiger partial charge on any atom is -0.292 e. The Morgan fingerprint density at radius 3 is 3.18 bits per heavy atom. The standard InChI is InChI=1S/C9H7NO/c11-7-2-1-3-9-4-6(9)5-10-8(7)9/h1,3,5H,2,4H2. The number of Topliss-reactive ketones (excluding diaryl/α,β-unsaturated/α-hetero) is 1. The molecule has 1 spiro atoms. The van der Waals surface area contributed by atoms with Crippen molar-refractivity contribution in [1.29, 1.82) is 0 Å². The van der Waals surface area contributed by atoms with Gasteiger partial charge in [-0.25, -0.2) is 0 Å². The summed E-state index contributed by atoms with van der Waals surface area (Å²) in [6.45, 7) is 0. The number of aliphatic imine (C=N–C) groups is 1. The van der Waals surface area contributed by atoms with Crippen LogP contribution in [-0.2, 0) is 4.79 Å². The van der Waals surface area contributed by atoms with Crippen molar-refractivity contribution in [2.24, 2.45) is 10.4 Å². The maximum atomic E-state index is 11.3. The van der Waals surface area contributed by atoms with Gasteiger partial charge in [-0.05, 0) is 12.0 Å². The Morgan fingerprint density at radius 1 is 1.55 bits per heavy atom. The number of carbonyl (C=O) groups is 1. The van der Waals surface area contributed by atoms with Crippen LogP contribution in [-0.4, -0.2) is 11.5 Å². The molecule has 2 heteroatoms. The predicted octanol–water partition coefficient (Wildman–Crippen LogP) is 1.24. The van der Waals surface area contributed by atoms with E-state index in [-0.39, 0.29) is 11.2 Å². The molecule has 1 saturated carbocycles. The van der Waals surface area contributed by atoms with Gasteiger partial charge in [0, 0.05) is 12.6 Å². The molecule has 11 heavy (non-hydrogen) atoms. The first-order chi connectivity index (χ1) is 5.33. The second-order valence-corrected chi connectivity index (χ2v) is 3.31. The van der Waals surface area contributed by atoms with Crippen molar-refractivity contribution in [1.82, 2.24) is 0 Å². The normalized spacial score (nSPS) is 37.6. The molecule has 1 fully saturated rings. The van der Waals surface area contributed by atoms with Gasteiger partial charge >= 0.3 is 0 Å². The molecule has 1 aliphatic heterocycles. The van der Waals surface area contributed by atoms with Gasteiger partial charge in [-0.3, -0.25) is 9.79 Å². The lowest BCUT2D eigenvalue weighted by Crippen LogP contribution is -2.25. The Balaban J connectivity index is 2.22. The molecular weight excluding hydrogens is 138 g/mol. The van der Waals surface area contributed by atoms with Crippen molar-refractivity contribution in [3.05, 3.63) is 23.9 Å². The summed E-state index contributed by atoms with van der Waals surface area (Å²) in [4.78, 5) is 15.4. The molecule has 1 atom stereocenters. The van der Waals surface area contributed by atoms with Crippen molar-refractivity contribution in [3.8, 4) is 0 Å². The van der Waals surface area contributed by atoms with E-state index in [9.17, 15) is 4.79 Å². The second kappa shape index (κ2) is 1.37. The van der Waals surface area contributed by atoms with E-state index in [1.807, 2.05) is 12.3 Å². The van der Waals surface area contributed by atoms with E-state index in [4.69, 9.17) is 0 Å². The Labute approximate surface area is 64.3 Å². The molecule has 0 N–H and O–H groups in total. The lowest BCUT2D eigenvalue weighted by Gasteiger charge is -2.12. The smallest absolute Gasteiger partial charge is 0.182 e. The molecule has 0 aromatic carbocycles. The number of allylic oxidation sites excluding steroid dienone is 3. The quantitative estimate of drug-likeness (QED) is 0.471. The minimum absolute atomic E-state index is 0.00926. The van der Waals surface area contributed by atoms with E-state index in [1.165, 1.54) is 5.57 Å². The SMILES string of the molecule is O=C1CC=CC23CC2=CN=C13. The zero-order valence-electron chi connectivity index (χ0n) is 6.00. The molecule has 3 rings (SSSR count). The van der Waals surface area contributed by atoms with E-state index >= 15 is 0 Å². The highest BCUT2D eigenvalue weighted by Crippen LogP contribution is 2.58. The van der Waals surface area contributed by atoms with E-state index in [0.29, 0.717) is 6.42 Å². The largest absolute Gasteiger partial charge is 0.292 e. The van der Waals surface area contributed by atoms with Gasteiger partial charge in [0.2, 0.25) is 0 Å². The Bertz CT molecular complexity index is 349. The molecule has 2 nitrogen and oxygen atoms in total. The number of hydrogen-bond acceptors (Lipinski definition) is 2. The molecule has 1 heterocycles. The number of carbonyl (C=O) groups excluding carboxylic acids is 1. The maximum Gasteiger partial charge on any atom is 0.182 e. The van der Waals surface area contributed by atoms with E-state index in [2.05, 4.69) is 11.1 Å². The van der Waals surface area contributed by atoms with Gasteiger partial charge in [0.05, 0.1) is 11.1 Å². The van der Waals surface area contributed by atoms with Crippen molar-refractivity contribution in [2.45, 2.75) is 12.8 Å². The van der Waals surface area contributed by atoms with Crippen molar-refractivity contribution in [3.63, 3.8) is 0 Å². The van der Waals surface area contributed by atoms with Gasteiger partial charge < -0.3 is 0 Å². The highest BCUT2D eigenvalue weighted by Gasteiger charge is 2.56. The molecule has 0 amide bonds. The monoisotopic (exact) mass is 145 g/mol. The molecule has 54 valence electrons. The Morgan fingerprint density at radius 2 is 2.45 bits per heavy atom. The molecule has 1 unspecified atom stereocenters. The Hall–Kier alpha value is -1.18. The fourth-order valence-corrected chi connectivity index (χ4v) is 1.94. The summed E-state index contributed by atoms with van der Waals surface area (Å²) in [5.41, 5.74) is 2.11. The third kappa shape index (κ3) is 0.461. The number of hydrogen-bond donors (Lipinski definition) is 0. The summed E-state index contributed by atoms with van der Waals surface area (Å²) in [6, 6.07) is 0. The van der Waals surface area contributed by atoms with Crippen LogP contribution in [0.2, 0.25) is 0 Å². The summed E-state index contributed by atoms with van der Waals surface area (Å²) in [6.07, 6.45) is 7.53. The van der Waals surface area contributed by atoms with Crippen LogP contribution in [0.4, 0.5) is 0 Å². The fourth-order valence-electron chi connectivity index (χ4n) is 1.94. The molecule has 2 aliphatic carbocycles. The summed E-state index contributed by atoms with van der Waals surface area (Å²) < 4.78 is 0. The minimum atomic E-state index is 0.00926. The van der Waals surface area contributed by atoms with Gasteiger partial charge in [0.1, 0.15) is 0 Å². The van der Waals surface area contributed by atoms with E-state index in [1.54, 1.807) is 0 Å². The molecule has 3 aliphatic rings. The molecule has 0 bridgehead atoms. The van der Waals surface area contributed by atoms with E-state index < -0.39 is 0 Å². The highest BCUT2D eigenvalue weighted by atomic mass is 16.1.